The monoisotopic (exact) mass is 520 g/mol. The van der Waals surface area contributed by atoms with Crippen LogP contribution in [0.3, 0.4) is 0 Å². The Balaban J connectivity index is 0. The molecule has 2 saturated heterocycles. The SMILES string of the molecule is C.C.I.O=C1C=CC(=O)O1.O=C1CC(SSC2CC(=O)OC2=O)C(=O)O1. The summed E-state index contributed by atoms with van der Waals surface area (Å²) in [4.78, 5) is 63.5. The van der Waals surface area contributed by atoms with Gasteiger partial charge in [-0.05, 0) is 0 Å². The smallest absolute Gasteiger partial charge is 0.338 e. The number of halogens is 1. The van der Waals surface area contributed by atoms with Crippen molar-refractivity contribution in [3.8, 4) is 0 Å². The zero-order valence-electron chi connectivity index (χ0n) is 11.6. The van der Waals surface area contributed by atoms with E-state index in [1.54, 1.807) is 0 Å². The minimum atomic E-state index is -0.597. The third-order valence-corrected chi connectivity index (χ3v) is 5.52. The molecule has 0 bridgehead atoms. The predicted octanol–water partition coefficient (Wildman–Crippen LogP) is 1.57. The van der Waals surface area contributed by atoms with E-state index < -0.39 is 46.3 Å². The molecular weight excluding hydrogens is 503 g/mol. The van der Waals surface area contributed by atoms with Gasteiger partial charge in [0, 0.05) is 12.2 Å². The van der Waals surface area contributed by atoms with Crippen LogP contribution < -0.4 is 0 Å². The molecule has 12 heteroatoms. The molecule has 3 rings (SSSR count). The lowest BCUT2D eigenvalue weighted by atomic mass is 10.4. The van der Waals surface area contributed by atoms with Crippen LogP contribution in [0.1, 0.15) is 27.7 Å². The fourth-order valence-corrected chi connectivity index (χ4v) is 4.11. The van der Waals surface area contributed by atoms with E-state index >= 15 is 0 Å². The average Bonchev–Trinajstić information content (AvgIpc) is 3.09. The van der Waals surface area contributed by atoms with E-state index in [0.717, 1.165) is 33.7 Å². The van der Waals surface area contributed by atoms with Crippen molar-refractivity contribution in [1.82, 2.24) is 0 Å². The standard InChI is InChI=1S/C8H6O6S2.C4H2O3.2CH4.HI/c9-5-1-3(7(11)13-5)15-16-4-2-6(10)14-8(4)12;5-3-1-2-4(6)7-3;;;/h3-4H,1-2H2;1-2H;2*1H4;1H. The summed E-state index contributed by atoms with van der Waals surface area (Å²) >= 11 is 0. The van der Waals surface area contributed by atoms with Gasteiger partial charge in [-0.15, -0.1) is 24.0 Å². The van der Waals surface area contributed by atoms with Crippen molar-refractivity contribution in [2.75, 3.05) is 0 Å². The highest BCUT2D eigenvalue weighted by Gasteiger charge is 2.39. The first-order valence-electron chi connectivity index (χ1n) is 6.10. The molecule has 2 atom stereocenters. The third-order valence-electron chi connectivity index (χ3n) is 2.50. The van der Waals surface area contributed by atoms with Gasteiger partial charge < -0.3 is 14.2 Å². The number of hydrogen-bond donors (Lipinski definition) is 0. The van der Waals surface area contributed by atoms with Crippen molar-refractivity contribution in [2.24, 2.45) is 0 Å². The Morgan fingerprint density at radius 2 is 1.04 bits per heavy atom. The van der Waals surface area contributed by atoms with Crippen molar-refractivity contribution < 1.29 is 43.0 Å². The van der Waals surface area contributed by atoms with Crippen molar-refractivity contribution in [3.05, 3.63) is 12.2 Å². The Labute approximate surface area is 174 Å². The lowest BCUT2D eigenvalue weighted by Gasteiger charge is -2.05. The zero-order chi connectivity index (χ0) is 17.0. The van der Waals surface area contributed by atoms with Crippen LogP contribution in [0.2, 0.25) is 0 Å². The van der Waals surface area contributed by atoms with Crippen LogP contribution in [0.5, 0.6) is 0 Å². The predicted molar refractivity (Wildman–Crippen MR) is 103 cm³/mol. The third kappa shape index (κ3) is 7.86. The second-order valence-corrected chi connectivity index (χ2v) is 6.92. The van der Waals surface area contributed by atoms with Crippen LogP contribution in [-0.4, -0.2) is 46.3 Å². The minimum Gasteiger partial charge on any atom is -0.392 e. The maximum absolute atomic E-state index is 11.1. The lowest BCUT2D eigenvalue weighted by Crippen LogP contribution is -2.12. The largest absolute Gasteiger partial charge is 0.392 e. The molecule has 9 nitrogen and oxygen atoms in total. The van der Waals surface area contributed by atoms with Gasteiger partial charge in [0.2, 0.25) is 0 Å². The Bertz CT molecular complexity index is 580. The van der Waals surface area contributed by atoms with Crippen molar-refractivity contribution >= 4 is 81.4 Å². The number of cyclic esters (lactones) is 6. The summed E-state index contributed by atoms with van der Waals surface area (Å²) in [7, 11) is 2.13. The zero-order valence-corrected chi connectivity index (χ0v) is 15.6. The number of carbonyl (C=O) groups is 6. The van der Waals surface area contributed by atoms with Crippen LogP contribution in [0.15, 0.2) is 12.2 Å². The molecule has 0 saturated carbocycles. The highest BCUT2D eigenvalue weighted by atomic mass is 127. The molecule has 0 aromatic rings. The van der Waals surface area contributed by atoms with Gasteiger partial charge in [0.25, 0.3) is 0 Å². The van der Waals surface area contributed by atoms with Gasteiger partial charge in [0.1, 0.15) is 10.5 Å². The Hall–Kier alpha value is -1.41. The topological polar surface area (TPSA) is 130 Å². The Morgan fingerprint density at radius 1 is 0.692 bits per heavy atom. The molecule has 0 aliphatic carbocycles. The summed E-state index contributed by atoms with van der Waals surface area (Å²) in [5.74, 6) is -3.48. The summed E-state index contributed by atoms with van der Waals surface area (Å²) < 4.78 is 12.7. The molecule has 0 N–H and O–H groups in total. The van der Waals surface area contributed by atoms with Crippen LogP contribution >= 0.6 is 45.6 Å². The van der Waals surface area contributed by atoms with E-state index in [4.69, 9.17) is 0 Å². The molecule has 2 unspecified atom stereocenters. The molecule has 3 heterocycles. The van der Waals surface area contributed by atoms with Crippen molar-refractivity contribution in [1.29, 1.82) is 0 Å². The molecule has 146 valence electrons. The summed E-state index contributed by atoms with van der Waals surface area (Å²) in [5.41, 5.74) is 0. The molecule has 0 amide bonds. The maximum atomic E-state index is 11.1. The first kappa shape index (κ1) is 26.8. The first-order chi connectivity index (χ1) is 10.8. The van der Waals surface area contributed by atoms with Gasteiger partial charge in [0.05, 0.1) is 12.8 Å². The quantitative estimate of drug-likeness (QED) is 0.177. The van der Waals surface area contributed by atoms with E-state index in [1.807, 2.05) is 0 Å². The fourth-order valence-electron chi connectivity index (χ4n) is 1.49. The van der Waals surface area contributed by atoms with Gasteiger partial charge in [0.15, 0.2) is 0 Å². The number of rotatable bonds is 3. The number of hydrogen-bond acceptors (Lipinski definition) is 11. The van der Waals surface area contributed by atoms with Gasteiger partial charge in [-0.25, -0.2) is 9.59 Å². The number of esters is 6. The van der Waals surface area contributed by atoms with E-state index in [1.165, 1.54) is 0 Å². The Kier molecular flexibility index (Phi) is 12.4. The van der Waals surface area contributed by atoms with E-state index in [0.29, 0.717) is 0 Å². The van der Waals surface area contributed by atoms with Gasteiger partial charge >= 0.3 is 35.8 Å². The fraction of sp³-hybridized carbons (Fsp3) is 0.429. The summed E-state index contributed by atoms with van der Waals surface area (Å²) in [6, 6.07) is 0. The summed E-state index contributed by atoms with van der Waals surface area (Å²) in [6.45, 7) is 0. The maximum Gasteiger partial charge on any atom is 0.338 e. The second-order valence-electron chi connectivity index (χ2n) is 4.24. The molecule has 0 aromatic heterocycles. The summed E-state index contributed by atoms with van der Waals surface area (Å²) in [6.07, 6.45) is 2.18. The van der Waals surface area contributed by atoms with Crippen molar-refractivity contribution in [3.63, 3.8) is 0 Å². The van der Waals surface area contributed by atoms with Crippen LogP contribution in [-0.2, 0) is 43.0 Å². The van der Waals surface area contributed by atoms with Gasteiger partial charge in [-0.1, -0.05) is 36.4 Å². The number of carbonyl (C=O) groups excluding carboxylic acids is 6. The van der Waals surface area contributed by atoms with E-state index in [-0.39, 0.29) is 51.7 Å². The molecule has 0 radical (unpaired) electrons. The average molecular weight is 520 g/mol. The molecule has 26 heavy (non-hydrogen) atoms. The molecule has 0 aromatic carbocycles. The van der Waals surface area contributed by atoms with E-state index in [9.17, 15) is 28.8 Å². The molecule has 3 aliphatic heterocycles. The highest BCUT2D eigenvalue weighted by molar-refractivity contribution is 14.0. The molecule has 0 spiro atoms. The minimum absolute atomic E-state index is 0. The normalized spacial score (nSPS) is 22.9. The molecular formula is C14H17IO9S2. The van der Waals surface area contributed by atoms with E-state index in [2.05, 4.69) is 14.2 Å². The van der Waals surface area contributed by atoms with Crippen molar-refractivity contribution in [2.45, 2.75) is 38.2 Å². The molecule has 3 aliphatic rings. The van der Waals surface area contributed by atoms with Crippen LogP contribution in [0.25, 0.3) is 0 Å². The second kappa shape index (κ2) is 12.1. The summed E-state index contributed by atoms with van der Waals surface area (Å²) in [5, 5.41) is -1.19. The Morgan fingerprint density at radius 3 is 1.23 bits per heavy atom. The van der Waals surface area contributed by atoms with Crippen LogP contribution in [0, 0.1) is 0 Å². The highest BCUT2D eigenvalue weighted by Crippen LogP contribution is 2.39. The molecule has 2 fully saturated rings. The number of ether oxygens (including phenoxy) is 3. The lowest BCUT2D eigenvalue weighted by molar-refractivity contribution is -0.153. The first-order valence-corrected chi connectivity index (χ1v) is 8.38. The van der Waals surface area contributed by atoms with Crippen LogP contribution in [0.4, 0.5) is 0 Å². The van der Waals surface area contributed by atoms with Gasteiger partial charge in [-0.3, -0.25) is 19.2 Å². The van der Waals surface area contributed by atoms with Gasteiger partial charge in [-0.2, -0.15) is 0 Å².